The molecule has 0 saturated carbocycles. The molecule has 6 nitrogen and oxygen atoms in total. The smallest absolute Gasteiger partial charge is 0.191 e. The van der Waals surface area contributed by atoms with Gasteiger partial charge in [0.05, 0.1) is 31.4 Å². The standard InChI is InChI=1S/C22H35N5O/c1-4-20(5-2)21(27-10-12-28-13-11-27)17-26-22(24-6-3)25-16-19-9-7-8-18(14-19)15-23/h7-9,14,20-21H,4-6,10-13,16-17H2,1-3H3,(H2,24,25,26). The summed E-state index contributed by atoms with van der Waals surface area (Å²) in [6.07, 6.45) is 2.35. The summed E-state index contributed by atoms with van der Waals surface area (Å²) in [6.45, 7) is 12.5. The maximum atomic E-state index is 9.07. The highest BCUT2D eigenvalue weighted by molar-refractivity contribution is 5.79. The van der Waals surface area contributed by atoms with Gasteiger partial charge in [-0.05, 0) is 30.5 Å². The fourth-order valence-corrected chi connectivity index (χ4v) is 3.79. The summed E-state index contributed by atoms with van der Waals surface area (Å²) in [6, 6.07) is 10.3. The zero-order valence-corrected chi connectivity index (χ0v) is 17.6. The SMILES string of the molecule is CCNC(=NCc1cccc(C#N)c1)NCC(C(CC)CC)N1CCOCC1. The first kappa shape index (κ1) is 22.2. The lowest BCUT2D eigenvalue weighted by molar-refractivity contribution is 0.00272. The van der Waals surface area contributed by atoms with Gasteiger partial charge >= 0.3 is 0 Å². The average molecular weight is 386 g/mol. The predicted octanol–water partition coefficient (Wildman–Crippen LogP) is 2.75. The van der Waals surface area contributed by atoms with Gasteiger partial charge in [-0.15, -0.1) is 0 Å². The molecule has 1 unspecified atom stereocenters. The number of benzene rings is 1. The molecule has 6 heteroatoms. The van der Waals surface area contributed by atoms with Crippen molar-refractivity contribution in [1.82, 2.24) is 15.5 Å². The summed E-state index contributed by atoms with van der Waals surface area (Å²) in [5.74, 6) is 1.48. The average Bonchev–Trinajstić information content (AvgIpc) is 2.75. The predicted molar refractivity (Wildman–Crippen MR) is 114 cm³/mol. The highest BCUT2D eigenvalue weighted by Crippen LogP contribution is 2.19. The second-order valence-electron chi connectivity index (χ2n) is 7.18. The van der Waals surface area contributed by atoms with Crippen LogP contribution in [-0.2, 0) is 11.3 Å². The maximum Gasteiger partial charge on any atom is 0.191 e. The molecule has 1 aliphatic heterocycles. The fourth-order valence-electron chi connectivity index (χ4n) is 3.79. The Kier molecular flexibility index (Phi) is 9.81. The van der Waals surface area contributed by atoms with Crippen molar-refractivity contribution in [2.24, 2.45) is 10.9 Å². The van der Waals surface area contributed by atoms with Gasteiger partial charge in [-0.1, -0.05) is 38.8 Å². The fraction of sp³-hybridized carbons (Fsp3) is 0.636. The van der Waals surface area contributed by atoms with Crippen LogP contribution in [0.1, 0.15) is 44.7 Å². The van der Waals surface area contributed by atoms with E-state index in [1.165, 1.54) is 12.8 Å². The Morgan fingerprint density at radius 1 is 1.21 bits per heavy atom. The summed E-state index contributed by atoms with van der Waals surface area (Å²) < 4.78 is 5.55. The highest BCUT2D eigenvalue weighted by atomic mass is 16.5. The van der Waals surface area contributed by atoms with Crippen LogP contribution in [0, 0.1) is 17.2 Å². The van der Waals surface area contributed by atoms with E-state index in [0.29, 0.717) is 24.1 Å². The van der Waals surface area contributed by atoms with Crippen molar-refractivity contribution in [3.8, 4) is 6.07 Å². The molecule has 0 amide bonds. The Morgan fingerprint density at radius 2 is 1.96 bits per heavy atom. The Labute approximate surface area is 170 Å². The normalized spacial score (nSPS) is 16.6. The van der Waals surface area contributed by atoms with E-state index in [9.17, 15) is 0 Å². The van der Waals surface area contributed by atoms with Crippen LogP contribution in [0.25, 0.3) is 0 Å². The number of ether oxygens (including phenoxy) is 1. The Morgan fingerprint density at radius 3 is 2.61 bits per heavy atom. The number of rotatable bonds is 9. The summed E-state index contributed by atoms with van der Waals surface area (Å²) >= 11 is 0. The van der Waals surface area contributed by atoms with Gasteiger partial charge in [-0.2, -0.15) is 5.26 Å². The number of guanidine groups is 1. The van der Waals surface area contributed by atoms with Gasteiger partial charge in [-0.25, -0.2) is 4.99 Å². The second kappa shape index (κ2) is 12.4. The van der Waals surface area contributed by atoms with Gasteiger partial charge in [0, 0.05) is 32.2 Å². The molecule has 1 aromatic carbocycles. The van der Waals surface area contributed by atoms with E-state index in [1.54, 1.807) is 0 Å². The molecule has 154 valence electrons. The van der Waals surface area contributed by atoms with E-state index in [4.69, 9.17) is 15.0 Å². The highest BCUT2D eigenvalue weighted by Gasteiger charge is 2.26. The number of nitriles is 1. The van der Waals surface area contributed by atoms with E-state index >= 15 is 0 Å². The van der Waals surface area contributed by atoms with Crippen molar-refractivity contribution in [1.29, 1.82) is 5.26 Å². The van der Waals surface area contributed by atoms with Crippen LogP contribution in [0.4, 0.5) is 0 Å². The molecule has 0 spiro atoms. The zero-order valence-electron chi connectivity index (χ0n) is 17.6. The number of nitrogens with zero attached hydrogens (tertiary/aromatic N) is 3. The van der Waals surface area contributed by atoms with E-state index < -0.39 is 0 Å². The third-order valence-electron chi connectivity index (χ3n) is 5.41. The molecular formula is C22H35N5O. The van der Waals surface area contributed by atoms with Crippen molar-refractivity contribution in [3.05, 3.63) is 35.4 Å². The van der Waals surface area contributed by atoms with Gasteiger partial charge in [0.1, 0.15) is 0 Å². The van der Waals surface area contributed by atoms with Crippen molar-refractivity contribution in [2.75, 3.05) is 39.4 Å². The van der Waals surface area contributed by atoms with E-state index in [0.717, 1.165) is 50.9 Å². The third kappa shape index (κ3) is 6.81. The lowest BCUT2D eigenvalue weighted by atomic mass is 9.92. The number of aliphatic imine (C=N–C) groups is 1. The quantitative estimate of drug-likeness (QED) is 0.505. The number of nitrogens with one attached hydrogen (secondary N) is 2. The van der Waals surface area contributed by atoms with E-state index in [-0.39, 0.29) is 0 Å². The molecule has 1 saturated heterocycles. The Bertz CT molecular complexity index is 645. The Hall–Kier alpha value is -2.10. The molecule has 0 aromatic heterocycles. The second-order valence-corrected chi connectivity index (χ2v) is 7.18. The van der Waals surface area contributed by atoms with Gasteiger partial charge in [-0.3, -0.25) is 4.90 Å². The molecule has 28 heavy (non-hydrogen) atoms. The minimum absolute atomic E-state index is 0.477. The maximum absolute atomic E-state index is 9.07. The minimum atomic E-state index is 0.477. The molecule has 1 fully saturated rings. The summed E-state index contributed by atoms with van der Waals surface area (Å²) in [5, 5.41) is 16.0. The van der Waals surface area contributed by atoms with Gasteiger partial charge in [0.25, 0.3) is 0 Å². The van der Waals surface area contributed by atoms with Crippen LogP contribution in [0.3, 0.4) is 0 Å². The zero-order chi connectivity index (χ0) is 20.2. The number of hydrogen-bond acceptors (Lipinski definition) is 4. The summed E-state index contributed by atoms with van der Waals surface area (Å²) in [7, 11) is 0. The lowest BCUT2D eigenvalue weighted by Crippen LogP contribution is -2.53. The van der Waals surface area contributed by atoms with Crippen molar-refractivity contribution < 1.29 is 4.74 Å². The largest absolute Gasteiger partial charge is 0.379 e. The van der Waals surface area contributed by atoms with E-state index in [1.807, 2.05) is 24.3 Å². The van der Waals surface area contributed by atoms with Crippen LogP contribution < -0.4 is 10.6 Å². The molecule has 1 aliphatic rings. The van der Waals surface area contributed by atoms with Crippen LogP contribution in [0.5, 0.6) is 0 Å². The lowest BCUT2D eigenvalue weighted by Gasteiger charge is -2.39. The van der Waals surface area contributed by atoms with Gasteiger partial charge in [0.15, 0.2) is 5.96 Å². The molecular weight excluding hydrogens is 350 g/mol. The molecule has 1 aromatic rings. The molecule has 1 heterocycles. The van der Waals surface area contributed by atoms with E-state index in [2.05, 4.69) is 42.4 Å². The van der Waals surface area contributed by atoms with Crippen LogP contribution in [0.15, 0.2) is 29.3 Å². The van der Waals surface area contributed by atoms with Crippen LogP contribution in [0.2, 0.25) is 0 Å². The monoisotopic (exact) mass is 385 g/mol. The molecule has 0 bridgehead atoms. The first-order chi connectivity index (χ1) is 13.7. The van der Waals surface area contributed by atoms with Crippen molar-refractivity contribution >= 4 is 5.96 Å². The first-order valence-corrected chi connectivity index (χ1v) is 10.5. The van der Waals surface area contributed by atoms with Crippen LogP contribution >= 0.6 is 0 Å². The third-order valence-corrected chi connectivity index (χ3v) is 5.41. The molecule has 1 atom stereocenters. The van der Waals surface area contributed by atoms with Crippen molar-refractivity contribution in [2.45, 2.75) is 46.2 Å². The van der Waals surface area contributed by atoms with Gasteiger partial charge in [0.2, 0.25) is 0 Å². The minimum Gasteiger partial charge on any atom is -0.379 e. The van der Waals surface area contributed by atoms with Crippen molar-refractivity contribution in [3.63, 3.8) is 0 Å². The molecule has 0 radical (unpaired) electrons. The van der Waals surface area contributed by atoms with Gasteiger partial charge < -0.3 is 15.4 Å². The molecule has 0 aliphatic carbocycles. The molecule has 2 rings (SSSR count). The Balaban J connectivity index is 2.04. The number of morpholine rings is 1. The topological polar surface area (TPSA) is 72.7 Å². The summed E-state index contributed by atoms with van der Waals surface area (Å²) in [4.78, 5) is 7.29. The first-order valence-electron chi connectivity index (χ1n) is 10.5. The summed E-state index contributed by atoms with van der Waals surface area (Å²) in [5.41, 5.74) is 1.72. The molecule has 2 N–H and O–H groups in total. The van der Waals surface area contributed by atoms with Crippen LogP contribution in [-0.4, -0.2) is 56.3 Å². The number of hydrogen-bond donors (Lipinski definition) is 2.